The Kier molecular flexibility index (Phi) is 2.82. The third kappa shape index (κ3) is 2.44. The van der Waals surface area contributed by atoms with E-state index in [1.165, 1.54) is 0 Å². The smallest absolute Gasteiger partial charge is 0.314 e. The molecule has 78 valence electrons. The SMILES string of the molecule is COc1ccc(Cc2nc(=S)o[nH]2)cc1. The van der Waals surface area contributed by atoms with Gasteiger partial charge in [-0.2, -0.15) is 4.98 Å². The molecule has 0 aliphatic heterocycles. The predicted octanol–water partition coefficient (Wildman–Crippen LogP) is 2.33. The number of H-pyrrole nitrogens is 1. The summed E-state index contributed by atoms with van der Waals surface area (Å²) in [5.74, 6) is 1.57. The van der Waals surface area contributed by atoms with Crippen LogP contribution in [0.3, 0.4) is 0 Å². The molecule has 4 nitrogen and oxygen atoms in total. The van der Waals surface area contributed by atoms with Crippen LogP contribution in [-0.4, -0.2) is 17.3 Å². The molecule has 1 heterocycles. The number of hydrogen-bond donors (Lipinski definition) is 1. The van der Waals surface area contributed by atoms with Gasteiger partial charge in [-0.1, -0.05) is 12.1 Å². The fourth-order valence-corrected chi connectivity index (χ4v) is 1.42. The Labute approximate surface area is 91.9 Å². The molecular formula is C10H10N2O2S. The molecule has 0 bridgehead atoms. The van der Waals surface area contributed by atoms with Crippen LogP contribution in [0.15, 0.2) is 28.8 Å². The lowest BCUT2D eigenvalue weighted by Gasteiger charge is -2.00. The first-order valence-electron chi connectivity index (χ1n) is 4.45. The number of hydrogen-bond acceptors (Lipinski definition) is 4. The van der Waals surface area contributed by atoms with E-state index in [0.29, 0.717) is 6.42 Å². The third-order valence-corrected chi connectivity index (χ3v) is 2.19. The number of nitrogens with zero attached hydrogens (tertiary/aromatic N) is 1. The lowest BCUT2D eigenvalue weighted by molar-refractivity contribution is 0.399. The molecule has 2 rings (SSSR count). The molecule has 0 aliphatic carbocycles. The van der Waals surface area contributed by atoms with Crippen LogP contribution in [0.4, 0.5) is 0 Å². The molecule has 15 heavy (non-hydrogen) atoms. The van der Waals surface area contributed by atoms with Gasteiger partial charge >= 0.3 is 4.84 Å². The van der Waals surface area contributed by atoms with E-state index in [-0.39, 0.29) is 4.84 Å². The molecule has 0 saturated carbocycles. The van der Waals surface area contributed by atoms with Crippen molar-refractivity contribution < 1.29 is 9.26 Å². The number of aromatic nitrogens is 2. The number of ether oxygens (including phenoxy) is 1. The van der Waals surface area contributed by atoms with Crippen molar-refractivity contribution in [3.05, 3.63) is 40.5 Å². The van der Waals surface area contributed by atoms with E-state index in [1.807, 2.05) is 24.3 Å². The van der Waals surface area contributed by atoms with Crippen LogP contribution in [0.2, 0.25) is 0 Å². The van der Waals surface area contributed by atoms with E-state index in [1.54, 1.807) is 7.11 Å². The molecule has 1 aromatic heterocycles. The van der Waals surface area contributed by atoms with E-state index in [2.05, 4.69) is 10.1 Å². The fraction of sp³-hybridized carbons (Fsp3) is 0.200. The molecule has 0 radical (unpaired) electrons. The van der Waals surface area contributed by atoms with Gasteiger partial charge in [0.05, 0.1) is 7.11 Å². The molecule has 0 fully saturated rings. The van der Waals surface area contributed by atoms with Crippen LogP contribution in [-0.2, 0) is 6.42 Å². The molecule has 5 heteroatoms. The van der Waals surface area contributed by atoms with Crippen LogP contribution in [0.5, 0.6) is 5.75 Å². The van der Waals surface area contributed by atoms with Gasteiger partial charge in [0, 0.05) is 6.42 Å². The average molecular weight is 222 g/mol. The highest BCUT2D eigenvalue weighted by Gasteiger charge is 2.00. The van der Waals surface area contributed by atoms with Gasteiger partial charge in [-0.05, 0) is 29.9 Å². The summed E-state index contributed by atoms with van der Waals surface area (Å²) in [7, 11) is 1.64. The Hall–Kier alpha value is -1.62. The van der Waals surface area contributed by atoms with Crippen molar-refractivity contribution in [1.29, 1.82) is 0 Å². The Morgan fingerprint density at radius 3 is 2.67 bits per heavy atom. The zero-order valence-corrected chi connectivity index (χ0v) is 9.00. The number of aromatic amines is 1. The summed E-state index contributed by atoms with van der Waals surface area (Å²) in [6.07, 6.45) is 0.671. The normalized spacial score (nSPS) is 10.2. The van der Waals surface area contributed by atoms with Gasteiger partial charge in [0.15, 0.2) is 0 Å². The number of nitrogens with one attached hydrogen (secondary N) is 1. The Bertz CT molecular complexity index is 487. The first kappa shape index (κ1) is 9.92. The lowest BCUT2D eigenvalue weighted by atomic mass is 10.1. The fourth-order valence-electron chi connectivity index (χ4n) is 1.27. The minimum Gasteiger partial charge on any atom is -0.497 e. The largest absolute Gasteiger partial charge is 0.497 e. The number of methoxy groups -OCH3 is 1. The number of rotatable bonds is 3. The second-order valence-electron chi connectivity index (χ2n) is 3.05. The van der Waals surface area contributed by atoms with Crippen LogP contribution >= 0.6 is 12.2 Å². The average Bonchev–Trinajstić information content (AvgIpc) is 2.65. The number of benzene rings is 1. The first-order valence-corrected chi connectivity index (χ1v) is 4.86. The van der Waals surface area contributed by atoms with E-state index < -0.39 is 0 Å². The Balaban J connectivity index is 2.14. The summed E-state index contributed by atoms with van der Waals surface area (Å²) in [4.78, 5) is 4.24. The minimum absolute atomic E-state index is 0.235. The van der Waals surface area contributed by atoms with Gasteiger partial charge in [0.2, 0.25) is 0 Å². The standard InChI is InChI=1S/C10H10N2O2S/c1-13-8-4-2-7(3-5-8)6-9-11-10(15)14-12-9/h2-5H,6H2,1H3,(H,11,12,15). The highest BCUT2D eigenvalue weighted by molar-refractivity contribution is 7.71. The molecule has 0 unspecified atom stereocenters. The van der Waals surface area contributed by atoms with Crippen molar-refractivity contribution >= 4 is 12.2 Å². The monoisotopic (exact) mass is 222 g/mol. The zero-order chi connectivity index (χ0) is 10.7. The molecule has 1 aromatic carbocycles. The maximum Gasteiger partial charge on any atom is 0.314 e. The zero-order valence-electron chi connectivity index (χ0n) is 8.19. The van der Waals surface area contributed by atoms with Crippen molar-refractivity contribution in [3.63, 3.8) is 0 Å². The van der Waals surface area contributed by atoms with Crippen LogP contribution in [0, 0.1) is 4.84 Å². The van der Waals surface area contributed by atoms with Crippen LogP contribution < -0.4 is 4.74 Å². The van der Waals surface area contributed by atoms with Gasteiger partial charge < -0.3 is 9.26 Å². The van der Waals surface area contributed by atoms with E-state index in [0.717, 1.165) is 17.1 Å². The maximum absolute atomic E-state index is 5.06. The molecule has 1 N–H and O–H groups in total. The van der Waals surface area contributed by atoms with Crippen molar-refractivity contribution in [1.82, 2.24) is 10.1 Å². The lowest BCUT2D eigenvalue weighted by Crippen LogP contribution is -1.90. The molecule has 0 saturated heterocycles. The van der Waals surface area contributed by atoms with E-state index in [4.69, 9.17) is 21.5 Å². The summed E-state index contributed by atoms with van der Waals surface area (Å²) in [6, 6.07) is 7.77. The second kappa shape index (κ2) is 4.27. The highest BCUT2D eigenvalue weighted by Crippen LogP contribution is 2.13. The molecule has 0 amide bonds. The van der Waals surface area contributed by atoms with Gasteiger partial charge in [-0.25, -0.2) is 5.16 Å². The van der Waals surface area contributed by atoms with Crippen molar-refractivity contribution in [3.8, 4) is 5.75 Å². The van der Waals surface area contributed by atoms with Gasteiger partial charge in [0.25, 0.3) is 0 Å². The summed E-state index contributed by atoms with van der Waals surface area (Å²) in [6.45, 7) is 0. The van der Waals surface area contributed by atoms with Crippen LogP contribution in [0.25, 0.3) is 0 Å². The van der Waals surface area contributed by atoms with E-state index >= 15 is 0 Å². The van der Waals surface area contributed by atoms with Crippen molar-refractivity contribution in [2.45, 2.75) is 6.42 Å². The summed E-state index contributed by atoms with van der Waals surface area (Å²) < 4.78 is 9.90. The quantitative estimate of drug-likeness (QED) is 0.810. The molecular weight excluding hydrogens is 212 g/mol. The highest BCUT2D eigenvalue weighted by atomic mass is 32.1. The first-order chi connectivity index (χ1) is 7.28. The summed E-state index contributed by atoms with van der Waals surface area (Å²) >= 11 is 4.76. The Morgan fingerprint density at radius 2 is 2.13 bits per heavy atom. The third-order valence-electron chi connectivity index (χ3n) is 2.01. The molecule has 0 aliphatic rings. The summed E-state index contributed by atoms with van der Waals surface area (Å²) in [5.41, 5.74) is 1.12. The van der Waals surface area contributed by atoms with Gasteiger partial charge in [-0.3, -0.25) is 0 Å². The van der Waals surface area contributed by atoms with E-state index in [9.17, 15) is 0 Å². The van der Waals surface area contributed by atoms with Crippen molar-refractivity contribution in [2.24, 2.45) is 0 Å². The molecule has 0 atom stereocenters. The van der Waals surface area contributed by atoms with Crippen LogP contribution in [0.1, 0.15) is 11.4 Å². The van der Waals surface area contributed by atoms with Gasteiger partial charge in [0.1, 0.15) is 11.6 Å². The predicted molar refractivity (Wildman–Crippen MR) is 57.5 cm³/mol. The van der Waals surface area contributed by atoms with Crippen molar-refractivity contribution in [2.75, 3.05) is 7.11 Å². The molecule has 2 aromatic rings. The Morgan fingerprint density at radius 1 is 1.40 bits per heavy atom. The minimum atomic E-state index is 0.235. The molecule has 0 spiro atoms. The topological polar surface area (TPSA) is 51.1 Å². The summed E-state index contributed by atoms with van der Waals surface area (Å²) in [5, 5.41) is 2.66. The van der Waals surface area contributed by atoms with Gasteiger partial charge in [-0.15, -0.1) is 0 Å². The second-order valence-corrected chi connectivity index (χ2v) is 3.40. The maximum atomic E-state index is 5.06.